The first-order valence-electron chi connectivity index (χ1n) is 9.06. The number of alkyl halides is 3. The molecule has 0 aromatic heterocycles. The Kier molecular flexibility index (Phi) is 7.89. The number of hydrogen-bond donors (Lipinski definition) is 1. The zero-order chi connectivity index (χ0) is 19.3. The topological polar surface area (TPSA) is 38.3 Å². The number of nitrogens with one attached hydrogen (secondary N) is 1. The second kappa shape index (κ2) is 9.94. The van der Waals surface area contributed by atoms with Crippen LogP contribution < -0.4 is 10.1 Å². The van der Waals surface area contributed by atoms with Crippen molar-refractivity contribution in [1.82, 2.24) is 5.32 Å². The highest BCUT2D eigenvalue weighted by molar-refractivity contribution is 5.85. The van der Waals surface area contributed by atoms with Crippen LogP contribution in [0.1, 0.15) is 36.0 Å². The number of rotatable bonds is 7. The largest absolute Gasteiger partial charge is 0.489 e. The molecule has 3 rings (SSSR count). The number of Topliss-reactive ketones (excluding diaryl/α,β-unsaturated/α-hetero) is 1. The molecular formula is C21H23ClF3NO2. The molecule has 1 saturated heterocycles. The molecular weight excluding hydrogens is 391 g/mol. The molecule has 0 aliphatic carbocycles. The molecule has 1 fully saturated rings. The van der Waals surface area contributed by atoms with E-state index in [4.69, 9.17) is 4.74 Å². The molecule has 0 saturated carbocycles. The fraction of sp³-hybridized carbons (Fsp3) is 0.381. The highest BCUT2D eigenvalue weighted by Crippen LogP contribution is 2.29. The molecule has 2 aromatic rings. The molecule has 152 valence electrons. The van der Waals surface area contributed by atoms with Crippen molar-refractivity contribution in [2.45, 2.75) is 44.5 Å². The van der Waals surface area contributed by atoms with E-state index < -0.39 is 11.7 Å². The summed E-state index contributed by atoms with van der Waals surface area (Å²) in [6, 6.07) is 12.4. The Balaban J connectivity index is 0.00000280. The van der Waals surface area contributed by atoms with Gasteiger partial charge in [-0.1, -0.05) is 24.3 Å². The van der Waals surface area contributed by atoms with Gasteiger partial charge in [-0.3, -0.25) is 4.79 Å². The summed E-state index contributed by atoms with van der Waals surface area (Å²) < 4.78 is 43.4. The predicted octanol–water partition coefficient (Wildman–Crippen LogP) is 4.96. The predicted molar refractivity (Wildman–Crippen MR) is 104 cm³/mol. The summed E-state index contributed by atoms with van der Waals surface area (Å²) in [6.45, 7) is 1.09. The maximum absolute atomic E-state index is 12.6. The summed E-state index contributed by atoms with van der Waals surface area (Å²) >= 11 is 0. The van der Waals surface area contributed by atoms with Gasteiger partial charge in [0.25, 0.3) is 0 Å². The molecule has 1 heterocycles. The van der Waals surface area contributed by atoms with E-state index in [2.05, 4.69) is 5.32 Å². The maximum atomic E-state index is 12.6. The number of ether oxygens (including phenoxy) is 1. The molecule has 1 atom stereocenters. The lowest BCUT2D eigenvalue weighted by Gasteiger charge is -2.11. The molecule has 0 bridgehead atoms. The normalized spacial score (nSPS) is 16.5. The summed E-state index contributed by atoms with van der Waals surface area (Å²) in [5, 5.41) is 3.21. The lowest BCUT2D eigenvalue weighted by Crippen LogP contribution is -2.30. The van der Waals surface area contributed by atoms with Crippen molar-refractivity contribution in [1.29, 1.82) is 0 Å². The van der Waals surface area contributed by atoms with Crippen LogP contribution in [-0.2, 0) is 24.0 Å². The molecule has 7 heteroatoms. The van der Waals surface area contributed by atoms with Gasteiger partial charge in [-0.25, -0.2) is 0 Å². The summed E-state index contributed by atoms with van der Waals surface area (Å²) in [5.41, 5.74) is 0.997. The van der Waals surface area contributed by atoms with Crippen molar-refractivity contribution in [3.05, 3.63) is 65.2 Å². The molecule has 28 heavy (non-hydrogen) atoms. The summed E-state index contributed by atoms with van der Waals surface area (Å²) in [7, 11) is 0. The first-order chi connectivity index (χ1) is 12.9. The van der Waals surface area contributed by atoms with Crippen LogP contribution in [0, 0.1) is 0 Å². The molecule has 1 aliphatic heterocycles. The lowest BCUT2D eigenvalue weighted by molar-refractivity contribution is -0.137. The number of ketones is 1. The van der Waals surface area contributed by atoms with Crippen molar-refractivity contribution in [2.75, 3.05) is 6.54 Å². The Morgan fingerprint density at radius 1 is 1.11 bits per heavy atom. The Morgan fingerprint density at radius 2 is 1.86 bits per heavy atom. The van der Waals surface area contributed by atoms with Gasteiger partial charge in [-0.15, -0.1) is 12.4 Å². The van der Waals surface area contributed by atoms with Crippen LogP contribution in [0.25, 0.3) is 0 Å². The monoisotopic (exact) mass is 413 g/mol. The van der Waals surface area contributed by atoms with Crippen molar-refractivity contribution in [3.8, 4) is 5.75 Å². The Labute approximate surface area is 168 Å². The van der Waals surface area contributed by atoms with Crippen molar-refractivity contribution in [3.63, 3.8) is 0 Å². The van der Waals surface area contributed by atoms with Crippen molar-refractivity contribution < 1.29 is 22.7 Å². The average Bonchev–Trinajstić information content (AvgIpc) is 3.19. The molecule has 1 aliphatic rings. The third-order valence-corrected chi connectivity index (χ3v) is 4.69. The zero-order valence-electron chi connectivity index (χ0n) is 15.3. The molecule has 0 spiro atoms. The van der Waals surface area contributed by atoms with Gasteiger partial charge >= 0.3 is 6.18 Å². The first kappa shape index (κ1) is 22.2. The van der Waals surface area contributed by atoms with Crippen LogP contribution in [-0.4, -0.2) is 18.4 Å². The molecule has 0 amide bonds. The summed E-state index contributed by atoms with van der Waals surface area (Å²) in [4.78, 5) is 12.1. The van der Waals surface area contributed by atoms with Crippen LogP contribution >= 0.6 is 12.4 Å². The quantitative estimate of drug-likeness (QED) is 0.697. The number of carbonyl (C=O) groups excluding carboxylic acids is 1. The van der Waals surface area contributed by atoms with E-state index in [9.17, 15) is 18.0 Å². The second-order valence-corrected chi connectivity index (χ2v) is 6.75. The third kappa shape index (κ3) is 6.24. The SMILES string of the molecule is Cl.O=C(CCc1cccc(OCc2ccc(C(F)(F)F)cc2)c1)[C@@H]1CCCN1. The molecule has 1 N–H and O–H groups in total. The highest BCUT2D eigenvalue weighted by atomic mass is 35.5. The molecule has 0 unspecified atom stereocenters. The van der Waals surface area contributed by atoms with Crippen LogP contribution in [0.5, 0.6) is 5.75 Å². The lowest BCUT2D eigenvalue weighted by atomic mass is 10.0. The van der Waals surface area contributed by atoms with E-state index in [1.54, 1.807) is 6.07 Å². The molecule has 0 radical (unpaired) electrons. The fourth-order valence-electron chi connectivity index (χ4n) is 3.15. The zero-order valence-corrected chi connectivity index (χ0v) is 16.1. The standard InChI is InChI=1S/C21H22F3NO2.ClH/c22-21(23,24)17-9-6-16(7-10-17)14-27-18-4-1-3-15(13-18)8-11-20(26)19-5-2-12-25-19;/h1,3-4,6-7,9-10,13,19,25H,2,5,8,11-12,14H2;1H/t19-;/m0./s1. The first-order valence-corrected chi connectivity index (χ1v) is 9.06. The Bertz CT molecular complexity index is 772. The Morgan fingerprint density at radius 3 is 2.50 bits per heavy atom. The molecule has 3 nitrogen and oxygen atoms in total. The van der Waals surface area contributed by atoms with Gasteiger partial charge < -0.3 is 10.1 Å². The number of aryl methyl sites for hydroxylation is 1. The van der Waals surface area contributed by atoms with E-state index in [0.717, 1.165) is 37.1 Å². The van der Waals surface area contributed by atoms with Gasteiger partial charge in [-0.05, 0) is 61.2 Å². The summed E-state index contributed by atoms with van der Waals surface area (Å²) in [6.07, 6.45) is -1.24. The van der Waals surface area contributed by atoms with E-state index in [-0.39, 0.29) is 30.8 Å². The number of halogens is 4. The number of carbonyl (C=O) groups is 1. The number of hydrogen-bond acceptors (Lipinski definition) is 3. The van der Waals surface area contributed by atoms with Gasteiger partial charge in [0.15, 0.2) is 0 Å². The van der Waals surface area contributed by atoms with E-state index in [0.29, 0.717) is 24.2 Å². The van der Waals surface area contributed by atoms with Gasteiger partial charge in [-0.2, -0.15) is 13.2 Å². The second-order valence-electron chi connectivity index (χ2n) is 6.75. The van der Waals surface area contributed by atoms with Crippen molar-refractivity contribution in [2.24, 2.45) is 0 Å². The van der Waals surface area contributed by atoms with Crippen LogP contribution in [0.4, 0.5) is 13.2 Å². The van der Waals surface area contributed by atoms with Crippen LogP contribution in [0.3, 0.4) is 0 Å². The van der Waals surface area contributed by atoms with Gasteiger partial charge in [0, 0.05) is 6.42 Å². The average molecular weight is 414 g/mol. The minimum Gasteiger partial charge on any atom is -0.489 e. The highest BCUT2D eigenvalue weighted by Gasteiger charge is 2.29. The van der Waals surface area contributed by atoms with E-state index >= 15 is 0 Å². The van der Waals surface area contributed by atoms with Gasteiger partial charge in [0.2, 0.25) is 0 Å². The smallest absolute Gasteiger partial charge is 0.416 e. The minimum absolute atomic E-state index is 0. The Hall–Kier alpha value is -2.05. The van der Waals surface area contributed by atoms with Crippen molar-refractivity contribution >= 4 is 18.2 Å². The van der Waals surface area contributed by atoms with Crippen LogP contribution in [0.2, 0.25) is 0 Å². The van der Waals surface area contributed by atoms with E-state index in [1.807, 2.05) is 18.2 Å². The van der Waals surface area contributed by atoms with Crippen LogP contribution in [0.15, 0.2) is 48.5 Å². The van der Waals surface area contributed by atoms with Gasteiger partial charge in [0.1, 0.15) is 18.1 Å². The number of benzene rings is 2. The summed E-state index contributed by atoms with van der Waals surface area (Å²) in [5.74, 6) is 0.877. The van der Waals surface area contributed by atoms with Gasteiger partial charge in [0.05, 0.1) is 11.6 Å². The maximum Gasteiger partial charge on any atom is 0.416 e. The molecule has 2 aromatic carbocycles. The third-order valence-electron chi connectivity index (χ3n) is 4.69. The fourth-order valence-corrected chi connectivity index (χ4v) is 3.15. The minimum atomic E-state index is -4.33. The van der Waals surface area contributed by atoms with E-state index in [1.165, 1.54) is 12.1 Å².